The molecule has 38 heavy (non-hydrogen) atoms. The van der Waals surface area contributed by atoms with E-state index >= 15 is 0 Å². The minimum absolute atomic E-state index is 0.172. The molecule has 1 amide bonds. The van der Waals surface area contributed by atoms with Gasteiger partial charge in [0.15, 0.2) is 0 Å². The van der Waals surface area contributed by atoms with Crippen LogP contribution in [0.4, 0.5) is 16.3 Å². The van der Waals surface area contributed by atoms with Gasteiger partial charge in [0.25, 0.3) is 12.4 Å². The van der Waals surface area contributed by atoms with E-state index in [0.717, 1.165) is 22.3 Å². The summed E-state index contributed by atoms with van der Waals surface area (Å²) in [5, 5.41) is 10.4. The van der Waals surface area contributed by atoms with Gasteiger partial charge in [-0.05, 0) is 42.0 Å². The lowest BCUT2D eigenvalue weighted by molar-refractivity contribution is -0.122. The lowest BCUT2D eigenvalue weighted by Gasteiger charge is -2.06. The highest BCUT2D eigenvalue weighted by Crippen LogP contribution is 2.24. The van der Waals surface area contributed by atoms with E-state index in [-0.39, 0.29) is 23.8 Å². The van der Waals surface area contributed by atoms with Crippen molar-refractivity contribution in [2.45, 2.75) is 6.42 Å². The summed E-state index contributed by atoms with van der Waals surface area (Å²) in [5.41, 5.74) is 10.8. The first kappa shape index (κ1) is 24.4. The Morgan fingerprint density at radius 1 is 1.05 bits per heavy atom. The molecular formula is C27H22FN7O3. The van der Waals surface area contributed by atoms with Crippen LogP contribution in [-0.4, -0.2) is 41.4 Å². The molecule has 190 valence electrons. The number of carbonyl (C=O) groups excluding carboxylic acids is 1. The van der Waals surface area contributed by atoms with Gasteiger partial charge in [0.2, 0.25) is 11.9 Å². The van der Waals surface area contributed by atoms with E-state index in [0.29, 0.717) is 29.0 Å². The molecule has 0 saturated heterocycles. The second kappa shape index (κ2) is 9.97. The Hall–Kier alpha value is -5.32. The number of carboxylic acid groups (broad SMARTS) is 1. The molecule has 0 aliphatic rings. The van der Waals surface area contributed by atoms with Crippen LogP contribution in [0.1, 0.15) is 21.6 Å². The fourth-order valence-corrected chi connectivity index (χ4v) is 4.27. The molecule has 0 radical (unpaired) electrons. The third-order valence-electron chi connectivity index (χ3n) is 6.07. The topological polar surface area (TPSA) is 140 Å². The van der Waals surface area contributed by atoms with Crippen molar-refractivity contribution >= 4 is 51.9 Å². The number of nitrogens with one attached hydrogen (secondary N) is 1. The Bertz CT molecular complexity index is 1810. The number of rotatable bonds is 4. The van der Waals surface area contributed by atoms with E-state index in [1.165, 1.54) is 6.07 Å². The fourth-order valence-electron chi connectivity index (χ4n) is 4.27. The smallest absolute Gasteiger partial charge is 0.290 e. The van der Waals surface area contributed by atoms with Crippen LogP contribution in [0.25, 0.3) is 27.6 Å². The Morgan fingerprint density at radius 2 is 1.79 bits per heavy atom. The van der Waals surface area contributed by atoms with Crippen LogP contribution in [0, 0.1) is 5.82 Å². The van der Waals surface area contributed by atoms with E-state index in [1.807, 2.05) is 48.0 Å². The normalized spacial score (nSPS) is 10.9. The van der Waals surface area contributed by atoms with Crippen LogP contribution in [0.2, 0.25) is 0 Å². The SMILES string of the molecule is Cn1c(NC(=O)c2ccc(Cc3cn4c(N)nc5c(F)cccc5c4n3)cc2)nc2ccccc21.O=CO. The van der Waals surface area contributed by atoms with E-state index in [9.17, 15) is 9.18 Å². The van der Waals surface area contributed by atoms with Crippen molar-refractivity contribution in [1.82, 2.24) is 23.9 Å². The van der Waals surface area contributed by atoms with Gasteiger partial charge in [0, 0.05) is 30.6 Å². The average molecular weight is 512 g/mol. The van der Waals surface area contributed by atoms with Crippen molar-refractivity contribution in [2.75, 3.05) is 11.1 Å². The zero-order valence-corrected chi connectivity index (χ0v) is 20.2. The van der Waals surface area contributed by atoms with Crippen molar-refractivity contribution in [1.29, 1.82) is 0 Å². The van der Waals surface area contributed by atoms with Gasteiger partial charge in [-0.1, -0.05) is 30.3 Å². The summed E-state index contributed by atoms with van der Waals surface area (Å²) in [6.45, 7) is -0.250. The van der Waals surface area contributed by atoms with Crippen LogP contribution in [0.3, 0.4) is 0 Å². The van der Waals surface area contributed by atoms with Gasteiger partial charge in [0.1, 0.15) is 17.0 Å². The number of halogens is 1. The number of carbonyl (C=O) groups is 2. The summed E-state index contributed by atoms with van der Waals surface area (Å²) in [6.07, 6.45) is 2.32. The number of para-hydroxylation sites is 3. The maximum atomic E-state index is 14.2. The zero-order valence-electron chi connectivity index (χ0n) is 20.2. The zero-order chi connectivity index (χ0) is 26.8. The van der Waals surface area contributed by atoms with Crippen LogP contribution in [-0.2, 0) is 18.3 Å². The van der Waals surface area contributed by atoms with Gasteiger partial charge in [-0.15, -0.1) is 0 Å². The maximum absolute atomic E-state index is 14.2. The summed E-state index contributed by atoms with van der Waals surface area (Å²) in [6, 6.07) is 19.8. The second-order valence-electron chi connectivity index (χ2n) is 8.45. The molecule has 3 heterocycles. The highest BCUT2D eigenvalue weighted by molar-refractivity contribution is 6.04. The Kier molecular flexibility index (Phi) is 6.40. The first-order chi connectivity index (χ1) is 18.4. The number of benzene rings is 3. The number of anilines is 2. The van der Waals surface area contributed by atoms with Gasteiger partial charge in [-0.2, -0.15) is 0 Å². The van der Waals surface area contributed by atoms with Gasteiger partial charge >= 0.3 is 0 Å². The number of nitrogens with zero attached hydrogens (tertiary/aromatic N) is 5. The Labute approximate surface area is 215 Å². The number of aryl methyl sites for hydroxylation is 1. The lowest BCUT2D eigenvalue weighted by atomic mass is 10.1. The molecule has 0 saturated carbocycles. The summed E-state index contributed by atoms with van der Waals surface area (Å²) in [5.74, 6) is -0.0195. The van der Waals surface area contributed by atoms with E-state index in [2.05, 4.69) is 20.3 Å². The predicted octanol–water partition coefficient (Wildman–Crippen LogP) is 4.03. The summed E-state index contributed by atoms with van der Waals surface area (Å²) in [4.78, 5) is 34.5. The number of nitrogens with two attached hydrogens (primary N) is 1. The molecule has 10 nitrogen and oxygen atoms in total. The third-order valence-corrected chi connectivity index (χ3v) is 6.07. The largest absolute Gasteiger partial charge is 0.483 e. The van der Waals surface area contributed by atoms with Gasteiger partial charge in [-0.25, -0.2) is 19.3 Å². The molecule has 6 aromatic rings. The first-order valence-electron chi connectivity index (χ1n) is 11.5. The molecule has 0 fully saturated rings. The molecule has 3 aromatic carbocycles. The van der Waals surface area contributed by atoms with Crippen molar-refractivity contribution in [3.8, 4) is 0 Å². The molecule has 0 atom stereocenters. The number of nitrogen functional groups attached to an aromatic ring is 1. The molecule has 3 aromatic heterocycles. The number of imidazole rings is 2. The van der Waals surface area contributed by atoms with Crippen molar-refractivity contribution in [3.05, 3.63) is 95.6 Å². The van der Waals surface area contributed by atoms with Crippen LogP contribution in [0.5, 0.6) is 0 Å². The molecular weight excluding hydrogens is 489 g/mol. The van der Waals surface area contributed by atoms with Crippen molar-refractivity contribution in [3.63, 3.8) is 0 Å². The second-order valence-corrected chi connectivity index (χ2v) is 8.45. The highest BCUT2D eigenvalue weighted by Gasteiger charge is 2.14. The molecule has 0 bridgehead atoms. The monoisotopic (exact) mass is 511 g/mol. The Balaban J connectivity index is 0.000000937. The third kappa shape index (κ3) is 4.48. The summed E-state index contributed by atoms with van der Waals surface area (Å²) < 4.78 is 17.7. The molecule has 0 aliphatic heterocycles. The van der Waals surface area contributed by atoms with E-state index < -0.39 is 5.82 Å². The van der Waals surface area contributed by atoms with Crippen LogP contribution in [0.15, 0.2) is 72.9 Å². The van der Waals surface area contributed by atoms with Gasteiger partial charge < -0.3 is 15.4 Å². The fraction of sp³-hybridized carbons (Fsp3) is 0.0741. The van der Waals surface area contributed by atoms with Gasteiger partial charge in [0.05, 0.1) is 16.7 Å². The lowest BCUT2D eigenvalue weighted by Crippen LogP contribution is -2.15. The number of amides is 1. The number of hydrogen-bond acceptors (Lipinski definition) is 6. The van der Waals surface area contributed by atoms with Crippen LogP contribution >= 0.6 is 0 Å². The van der Waals surface area contributed by atoms with Gasteiger partial charge in [-0.3, -0.25) is 19.3 Å². The quantitative estimate of drug-likeness (QED) is 0.304. The summed E-state index contributed by atoms with van der Waals surface area (Å²) in [7, 11) is 1.86. The standard InChI is InChI=1S/C26H20FN7O.CH2O2/c1-33-21-8-3-2-7-20(21)30-26(33)32-24(35)16-11-9-15(10-12-16)13-17-14-34-23(29-17)18-5-4-6-19(27)22(18)31-25(34)28;2-1-3/h2-12,14H,13H2,1H3,(H2,28,31)(H,30,32,35);1H,(H,2,3). The van der Waals surface area contributed by atoms with E-state index in [4.69, 9.17) is 15.6 Å². The maximum Gasteiger partial charge on any atom is 0.290 e. The minimum atomic E-state index is -0.436. The molecule has 4 N–H and O–H groups in total. The predicted molar refractivity (Wildman–Crippen MR) is 141 cm³/mol. The average Bonchev–Trinajstić information content (AvgIpc) is 3.47. The molecule has 11 heteroatoms. The number of fused-ring (bicyclic) bond motifs is 4. The van der Waals surface area contributed by atoms with Crippen molar-refractivity contribution in [2.24, 2.45) is 7.05 Å². The molecule has 0 spiro atoms. The minimum Gasteiger partial charge on any atom is -0.483 e. The van der Waals surface area contributed by atoms with E-state index in [1.54, 1.807) is 34.9 Å². The first-order valence-corrected chi connectivity index (χ1v) is 11.5. The highest BCUT2D eigenvalue weighted by atomic mass is 19.1. The summed E-state index contributed by atoms with van der Waals surface area (Å²) >= 11 is 0. The molecule has 0 unspecified atom stereocenters. The molecule has 0 aliphatic carbocycles. The number of aromatic nitrogens is 5. The van der Waals surface area contributed by atoms with Crippen molar-refractivity contribution < 1.29 is 19.1 Å². The molecule has 6 rings (SSSR count). The number of hydrogen-bond donors (Lipinski definition) is 3. The van der Waals surface area contributed by atoms with Crippen LogP contribution < -0.4 is 11.1 Å². The Morgan fingerprint density at radius 3 is 2.53 bits per heavy atom.